The van der Waals surface area contributed by atoms with Gasteiger partial charge in [0.1, 0.15) is 12.3 Å². The van der Waals surface area contributed by atoms with Gasteiger partial charge < -0.3 is 14.8 Å². The van der Waals surface area contributed by atoms with E-state index in [4.69, 9.17) is 21.1 Å². The lowest BCUT2D eigenvalue weighted by Gasteiger charge is -2.07. The maximum absolute atomic E-state index is 12.0. The van der Waals surface area contributed by atoms with Crippen LogP contribution in [0.3, 0.4) is 0 Å². The van der Waals surface area contributed by atoms with Crippen molar-refractivity contribution >= 4 is 35.1 Å². The molecule has 9 nitrogen and oxygen atoms in total. The highest BCUT2D eigenvalue weighted by atomic mass is 35.5. The van der Waals surface area contributed by atoms with Gasteiger partial charge in [-0.2, -0.15) is 9.90 Å². The van der Waals surface area contributed by atoms with E-state index in [0.29, 0.717) is 16.5 Å². The summed E-state index contributed by atoms with van der Waals surface area (Å²) < 4.78 is 9.75. The van der Waals surface area contributed by atoms with Gasteiger partial charge in [-0.15, -0.1) is 5.10 Å². The predicted octanol–water partition coefficient (Wildman–Crippen LogP) is 2.15. The summed E-state index contributed by atoms with van der Waals surface area (Å²) in [6.07, 6.45) is 0.677. The Bertz CT molecular complexity index is 734. The number of benzene rings is 1. The molecule has 0 saturated heterocycles. The number of hydrogen-bond donors (Lipinski definition) is 2. The third-order valence-electron chi connectivity index (χ3n) is 2.76. The SMILES string of the molecule is CCOC(=O)Nc1cnn(CC(=O)Nc2ccc(OC)c(Cl)c2)n1. The molecule has 0 aliphatic rings. The molecule has 0 unspecified atom stereocenters. The molecule has 0 radical (unpaired) electrons. The predicted molar refractivity (Wildman–Crippen MR) is 87.3 cm³/mol. The first-order valence-electron chi connectivity index (χ1n) is 6.99. The highest BCUT2D eigenvalue weighted by molar-refractivity contribution is 6.32. The molecular formula is C14H16ClN5O4. The van der Waals surface area contributed by atoms with E-state index in [0.717, 1.165) is 4.80 Å². The summed E-state index contributed by atoms with van der Waals surface area (Å²) in [5.74, 6) is 0.348. The summed E-state index contributed by atoms with van der Waals surface area (Å²) in [4.78, 5) is 24.4. The summed E-state index contributed by atoms with van der Waals surface area (Å²) in [6.45, 7) is 1.80. The molecule has 0 atom stereocenters. The number of carbonyl (C=O) groups is 2. The van der Waals surface area contributed by atoms with Crippen LogP contribution in [0.2, 0.25) is 5.02 Å². The Balaban J connectivity index is 1.92. The van der Waals surface area contributed by atoms with Crippen LogP contribution in [0, 0.1) is 0 Å². The van der Waals surface area contributed by atoms with E-state index >= 15 is 0 Å². The molecule has 1 aromatic heterocycles. The third-order valence-corrected chi connectivity index (χ3v) is 3.06. The maximum atomic E-state index is 12.0. The van der Waals surface area contributed by atoms with Crippen LogP contribution in [0.1, 0.15) is 6.92 Å². The lowest BCUT2D eigenvalue weighted by molar-refractivity contribution is -0.117. The molecule has 2 aromatic rings. The van der Waals surface area contributed by atoms with Crippen molar-refractivity contribution in [1.82, 2.24) is 15.0 Å². The molecule has 1 aromatic carbocycles. The average Bonchev–Trinajstić information content (AvgIpc) is 2.94. The number of hydrogen-bond acceptors (Lipinski definition) is 6. The molecule has 0 bridgehead atoms. The molecule has 10 heteroatoms. The second-order valence-electron chi connectivity index (χ2n) is 4.50. The van der Waals surface area contributed by atoms with Crippen LogP contribution in [0.5, 0.6) is 5.75 Å². The minimum absolute atomic E-state index is 0.131. The second-order valence-corrected chi connectivity index (χ2v) is 4.91. The minimum Gasteiger partial charge on any atom is -0.495 e. The van der Waals surface area contributed by atoms with Crippen molar-refractivity contribution in [2.45, 2.75) is 13.5 Å². The molecule has 0 saturated carbocycles. The van der Waals surface area contributed by atoms with Crippen LogP contribution >= 0.6 is 11.6 Å². The third kappa shape index (κ3) is 4.85. The fraction of sp³-hybridized carbons (Fsp3) is 0.286. The van der Waals surface area contributed by atoms with Crippen molar-refractivity contribution in [2.24, 2.45) is 0 Å². The van der Waals surface area contributed by atoms with Gasteiger partial charge in [-0.1, -0.05) is 11.6 Å². The fourth-order valence-corrected chi connectivity index (χ4v) is 2.03. The zero-order valence-electron chi connectivity index (χ0n) is 13.1. The first-order valence-corrected chi connectivity index (χ1v) is 7.37. The van der Waals surface area contributed by atoms with Gasteiger partial charge >= 0.3 is 6.09 Å². The van der Waals surface area contributed by atoms with Gasteiger partial charge in [0.15, 0.2) is 5.82 Å². The van der Waals surface area contributed by atoms with Gasteiger partial charge in [0, 0.05) is 5.69 Å². The van der Waals surface area contributed by atoms with Crippen LogP contribution in [-0.2, 0) is 16.1 Å². The molecule has 2 N–H and O–H groups in total. The number of nitrogens with zero attached hydrogens (tertiary/aromatic N) is 3. The lowest BCUT2D eigenvalue weighted by atomic mass is 10.3. The van der Waals surface area contributed by atoms with E-state index in [2.05, 4.69) is 20.8 Å². The highest BCUT2D eigenvalue weighted by Gasteiger charge is 2.10. The Morgan fingerprint density at radius 1 is 1.33 bits per heavy atom. The Labute approximate surface area is 142 Å². The minimum atomic E-state index is -0.637. The van der Waals surface area contributed by atoms with Gasteiger partial charge in [-0.05, 0) is 25.1 Å². The number of amides is 2. The van der Waals surface area contributed by atoms with Crippen molar-refractivity contribution < 1.29 is 19.1 Å². The van der Waals surface area contributed by atoms with Crippen LogP contribution in [0.25, 0.3) is 0 Å². The second kappa shape index (κ2) is 8.16. The number of carbonyl (C=O) groups excluding carboxylic acids is 2. The zero-order chi connectivity index (χ0) is 17.5. The molecule has 0 spiro atoms. The molecule has 128 valence electrons. The van der Waals surface area contributed by atoms with E-state index in [1.54, 1.807) is 25.1 Å². The highest BCUT2D eigenvalue weighted by Crippen LogP contribution is 2.27. The summed E-state index contributed by atoms with van der Waals surface area (Å²) in [7, 11) is 1.50. The number of rotatable bonds is 6. The van der Waals surface area contributed by atoms with Crippen molar-refractivity contribution in [3.8, 4) is 5.75 Å². The topological polar surface area (TPSA) is 107 Å². The molecule has 2 amide bonds. The first kappa shape index (κ1) is 17.5. The largest absolute Gasteiger partial charge is 0.495 e. The molecule has 0 aliphatic carbocycles. The average molecular weight is 354 g/mol. The number of halogens is 1. The Kier molecular flexibility index (Phi) is 5.96. The monoisotopic (exact) mass is 353 g/mol. The molecule has 0 aliphatic heterocycles. The van der Waals surface area contributed by atoms with Crippen LogP contribution in [0.4, 0.5) is 16.3 Å². The number of nitrogens with one attached hydrogen (secondary N) is 2. The Hall–Kier alpha value is -2.81. The van der Waals surface area contributed by atoms with Crippen LogP contribution < -0.4 is 15.4 Å². The molecule has 1 heterocycles. The first-order chi connectivity index (χ1) is 11.5. The lowest BCUT2D eigenvalue weighted by Crippen LogP contribution is -2.20. The fourth-order valence-electron chi connectivity index (χ4n) is 1.78. The summed E-state index contributed by atoms with van der Waals surface area (Å²) in [6, 6.07) is 4.88. The normalized spacial score (nSPS) is 10.1. The van der Waals surface area contributed by atoms with Crippen molar-refractivity contribution in [2.75, 3.05) is 24.4 Å². The number of methoxy groups -OCH3 is 1. The molecule has 24 heavy (non-hydrogen) atoms. The van der Waals surface area contributed by atoms with Gasteiger partial charge in [-0.3, -0.25) is 10.1 Å². The van der Waals surface area contributed by atoms with E-state index in [1.165, 1.54) is 13.3 Å². The van der Waals surface area contributed by atoms with E-state index in [-0.39, 0.29) is 24.9 Å². The van der Waals surface area contributed by atoms with E-state index < -0.39 is 6.09 Å². The van der Waals surface area contributed by atoms with E-state index in [1.807, 2.05) is 0 Å². The van der Waals surface area contributed by atoms with Crippen molar-refractivity contribution in [3.05, 3.63) is 29.4 Å². The van der Waals surface area contributed by atoms with Gasteiger partial charge in [0.05, 0.1) is 24.9 Å². The summed E-state index contributed by atoms with van der Waals surface area (Å²) in [5, 5.41) is 13.3. The van der Waals surface area contributed by atoms with Gasteiger partial charge in [0.2, 0.25) is 5.91 Å². The van der Waals surface area contributed by atoms with Crippen LogP contribution in [0.15, 0.2) is 24.4 Å². The quantitative estimate of drug-likeness (QED) is 0.823. The zero-order valence-corrected chi connectivity index (χ0v) is 13.8. The number of aromatic nitrogens is 3. The van der Waals surface area contributed by atoms with Gasteiger partial charge in [-0.25, -0.2) is 4.79 Å². The Morgan fingerprint density at radius 3 is 2.79 bits per heavy atom. The summed E-state index contributed by atoms with van der Waals surface area (Å²) in [5.41, 5.74) is 0.517. The van der Waals surface area contributed by atoms with E-state index in [9.17, 15) is 9.59 Å². The standard InChI is InChI=1S/C14H16ClN5O4/c1-3-24-14(22)18-12-7-16-20(19-12)8-13(21)17-9-4-5-11(23-2)10(15)6-9/h4-7H,3,8H2,1-2H3,(H,17,21)(H,18,19,22). The van der Waals surface area contributed by atoms with Crippen LogP contribution in [-0.4, -0.2) is 40.7 Å². The molecule has 0 fully saturated rings. The Morgan fingerprint density at radius 2 is 2.12 bits per heavy atom. The number of ether oxygens (including phenoxy) is 2. The smallest absolute Gasteiger partial charge is 0.412 e. The van der Waals surface area contributed by atoms with Crippen molar-refractivity contribution in [1.29, 1.82) is 0 Å². The number of anilines is 2. The maximum Gasteiger partial charge on any atom is 0.412 e. The molecule has 2 rings (SSSR count). The van der Waals surface area contributed by atoms with Gasteiger partial charge in [0.25, 0.3) is 0 Å². The summed E-state index contributed by atoms with van der Waals surface area (Å²) >= 11 is 5.99. The molecular weight excluding hydrogens is 338 g/mol. The van der Waals surface area contributed by atoms with Crippen molar-refractivity contribution in [3.63, 3.8) is 0 Å².